The molecule has 0 aromatic rings. The third kappa shape index (κ3) is 3.30. The van der Waals surface area contributed by atoms with Gasteiger partial charge in [0.25, 0.3) is 0 Å². The fourth-order valence-corrected chi connectivity index (χ4v) is 3.16. The van der Waals surface area contributed by atoms with Gasteiger partial charge in [-0.25, -0.2) is 9.80 Å². The van der Waals surface area contributed by atoms with Gasteiger partial charge in [-0.15, -0.1) is 0 Å². The van der Waals surface area contributed by atoms with Gasteiger partial charge in [0.05, 0.1) is 0 Å². The molecule has 1 fully saturated rings. The van der Waals surface area contributed by atoms with Crippen LogP contribution < -0.4 is 5.59 Å². The normalized spacial score (nSPS) is 24.3. The van der Waals surface area contributed by atoms with Crippen molar-refractivity contribution in [2.75, 3.05) is 0 Å². The molecule has 1 heterocycles. The van der Waals surface area contributed by atoms with Crippen LogP contribution in [0.4, 0.5) is 0 Å². The predicted molar refractivity (Wildman–Crippen MR) is 67.8 cm³/mol. The van der Waals surface area contributed by atoms with Crippen molar-refractivity contribution in [1.29, 1.82) is 0 Å². The first-order chi connectivity index (χ1) is 7.69. The highest BCUT2D eigenvalue weighted by atomic mass is 16.7. The van der Waals surface area contributed by atoms with E-state index < -0.39 is 5.97 Å². The molecule has 1 saturated heterocycles. The lowest BCUT2D eigenvalue weighted by Crippen LogP contribution is -2.65. The molecule has 4 heteroatoms. The first-order valence-electron chi connectivity index (χ1n) is 6.08. The summed E-state index contributed by atoms with van der Waals surface area (Å²) in [6.45, 7) is 14.2. The van der Waals surface area contributed by atoms with Crippen molar-refractivity contribution >= 4 is 5.97 Å². The summed E-state index contributed by atoms with van der Waals surface area (Å²) in [6.07, 6.45) is 3.28. The van der Waals surface area contributed by atoms with Gasteiger partial charge in [-0.3, -0.25) is 0 Å². The first-order valence-corrected chi connectivity index (χ1v) is 6.08. The van der Waals surface area contributed by atoms with Gasteiger partial charge >= 0.3 is 5.97 Å². The van der Waals surface area contributed by atoms with Crippen LogP contribution in [-0.4, -0.2) is 22.1 Å². The topological polar surface area (TPSA) is 41.6 Å². The van der Waals surface area contributed by atoms with Crippen molar-refractivity contribution < 1.29 is 9.63 Å². The number of piperidine rings is 1. The molecule has 0 unspecified atom stereocenters. The summed E-state index contributed by atoms with van der Waals surface area (Å²) in [5, 5.41) is 2.03. The number of carbonyl (C=O) groups excluding carboxylic acids is 1. The minimum Gasteiger partial charge on any atom is -0.352 e. The zero-order valence-electron chi connectivity index (χ0n) is 11.5. The average Bonchev–Trinajstić information content (AvgIpc) is 2.12. The van der Waals surface area contributed by atoms with Gasteiger partial charge in [0.1, 0.15) is 0 Å². The Labute approximate surface area is 104 Å². The molecular formula is C13H24N2O2. The van der Waals surface area contributed by atoms with Crippen molar-refractivity contribution in [3.05, 3.63) is 12.7 Å². The molecule has 1 aliphatic heterocycles. The first kappa shape index (κ1) is 14.2. The van der Waals surface area contributed by atoms with Gasteiger partial charge in [0.2, 0.25) is 0 Å². The molecule has 0 radical (unpaired) electrons. The molecule has 1 N–H and O–H groups in total. The van der Waals surface area contributed by atoms with E-state index in [9.17, 15) is 4.79 Å². The zero-order valence-corrected chi connectivity index (χ0v) is 11.5. The maximum Gasteiger partial charge on any atom is 0.350 e. The summed E-state index contributed by atoms with van der Waals surface area (Å²) >= 11 is 0. The quantitative estimate of drug-likeness (QED) is 0.607. The summed E-state index contributed by atoms with van der Waals surface area (Å²) in [4.78, 5) is 16.1. The van der Waals surface area contributed by atoms with Gasteiger partial charge < -0.3 is 4.84 Å². The van der Waals surface area contributed by atoms with Crippen molar-refractivity contribution in [3.63, 3.8) is 0 Å². The Morgan fingerprint density at radius 2 is 1.82 bits per heavy atom. The number of hydrogen-bond acceptors (Lipinski definition) is 4. The lowest BCUT2D eigenvalue weighted by atomic mass is 9.76. The largest absolute Gasteiger partial charge is 0.352 e. The number of nitrogens with zero attached hydrogens (tertiary/aromatic N) is 1. The molecule has 17 heavy (non-hydrogen) atoms. The molecule has 1 aliphatic rings. The molecule has 0 aliphatic carbocycles. The summed E-state index contributed by atoms with van der Waals surface area (Å²) in [5.74, 6) is 0.198. The molecule has 0 spiro atoms. The smallest absolute Gasteiger partial charge is 0.350 e. The zero-order chi connectivity index (χ0) is 13.3. The molecule has 0 atom stereocenters. The Morgan fingerprint density at radius 1 is 1.35 bits per heavy atom. The number of rotatable bonds is 3. The predicted octanol–water partition coefficient (Wildman–Crippen LogP) is 2.42. The van der Waals surface area contributed by atoms with Crippen LogP contribution in [0.15, 0.2) is 12.7 Å². The Kier molecular flexibility index (Phi) is 3.99. The van der Waals surface area contributed by atoms with E-state index >= 15 is 0 Å². The van der Waals surface area contributed by atoms with Crippen molar-refractivity contribution in [3.8, 4) is 0 Å². The third-order valence-corrected chi connectivity index (χ3v) is 3.31. The molecular weight excluding hydrogens is 216 g/mol. The van der Waals surface area contributed by atoms with Gasteiger partial charge in [-0.2, -0.15) is 0 Å². The third-order valence-electron chi connectivity index (χ3n) is 3.31. The molecule has 98 valence electrons. The number of carbonyl (C=O) groups is 1. The van der Waals surface area contributed by atoms with Gasteiger partial charge in [0, 0.05) is 17.2 Å². The van der Waals surface area contributed by atoms with Crippen molar-refractivity contribution in [2.45, 2.75) is 58.5 Å². The Balaban J connectivity index is 2.78. The van der Waals surface area contributed by atoms with E-state index in [-0.39, 0.29) is 11.1 Å². The number of nitrogens with one attached hydrogen (secondary N) is 1. The molecule has 0 saturated carbocycles. The van der Waals surface area contributed by atoms with E-state index in [1.54, 1.807) is 0 Å². The highest BCUT2D eigenvalue weighted by Gasteiger charge is 2.44. The fraction of sp³-hybridized carbons (Fsp3) is 0.769. The van der Waals surface area contributed by atoms with E-state index in [1.807, 2.05) is 5.01 Å². The van der Waals surface area contributed by atoms with E-state index in [4.69, 9.17) is 4.84 Å². The fourth-order valence-electron chi connectivity index (χ4n) is 3.16. The van der Waals surface area contributed by atoms with E-state index in [0.717, 1.165) is 18.9 Å². The maximum atomic E-state index is 11.1. The second-order valence-electron chi connectivity index (χ2n) is 6.19. The molecule has 1 rings (SSSR count). The SMILES string of the molecule is C=CC(=O)ONN1C(C)(C)CC(C)CC1(C)C. The van der Waals surface area contributed by atoms with Crippen LogP contribution >= 0.6 is 0 Å². The molecule has 0 amide bonds. The van der Waals surface area contributed by atoms with Crippen LogP contribution in [0.1, 0.15) is 47.5 Å². The van der Waals surface area contributed by atoms with Crippen LogP contribution in [-0.2, 0) is 9.63 Å². The van der Waals surface area contributed by atoms with Gasteiger partial charge in [0.15, 0.2) is 0 Å². The van der Waals surface area contributed by atoms with Crippen molar-refractivity contribution in [1.82, 2.24) is 10.6 Å². The molecule has 0 aromatic carbocycles. The van der Waals surface area contributed by atoms with Gasteiger partial charge in [-0.1, -0.05) is 19.1 Å². The summed E-state index contributed by atoms with van der Waals surface area (Å²) in [6, 6.07) is 0. The van der Waals surface area contributed by atoms with Crippen LogP contribution in [0.25, 0.3) is 0 Å². The Hall–Kier alpha value is -0.870. The van der Waals surface area contributed by atoms with Crippen LogP contribution in [0.3, 0.4) is 0 Å². The summed E-state index contributed by atoms with van der Waals surface area (Å²) in [5.41, 5.74) is 2.68. The lowest BCUT2D eigenvalue weighted by molar-refractivity contribution is -0.197. The monoisotopic (exact) mass is 240 g/mol. The Morgan fingerprint density at radius 3 is 2.24 bits per heavy atom. The van der Waals surface area contributed by atoms with E-state index in [1.165, 1.54) is 0 Å². The standard InChI is InChI=1S/C13H24N2O2/c1-7-11(16)17-14-15-12(3,4)8-10(2)9-13(15,5)6/h7,10,14H,1,8-9H2,2-6H3. The molecule has 0 bridgehead atoms. The Bertz CT molecular complexity index is 293. The van der Waals surface area contributed by atoms with Crippen LogP contribution in [0.2, 0.25) is 0 Å². The maximum absolute atomic E-state index is 11.1. The lowest BCUT2D eigenvalue weighted by Gasteiger charge is -2.53. The summed E-state index contributed by atoms with van der Waals surface area (Å²) < 4.78 is 0. The van der Waals surface area contributed by atoms with Gasteiger partial charge in [-0.05, 0) is 46.5 Å². The summed E-state index contributed by atoms with van der Waals surface area (Å²) in [7, 11) is 0. The molecule has 4 nitrogen and oxygen atoms in total. The second-order valence-corrected chi connectivity index (χ2v) is 6.19. The highest BCUT2D eigenvalue weighted by Crippen LogP contribution is 2.39. The average molecular weight is 240 g/mol. The minimum atomic E-state index is -0.463. The second kappa shape index (κ2) is 4.78. The highest BCUT2D eigenvalue weighted by molar-refractivity contribution is 5.80. The van der Waals surface area contributed by atoms with E-state index in [2.05, 4.69) is 46.8 Å². The van der Waals surface area contributed by atoms with Crippen LogP contribution in [0, 0.1) is 5.92 Å². The number of hydrogen-bond donors (Lipinski definition) is 1. The van der Waals surface area contributed by atoms with Crippen LogP contribution in [0.5, 0.6) is 0 Å². The van der Waals surface area contributed by atoms with Crippen molar-refractivity contribution in [2.24, 2.45) is 5.92 Å². The molecule has 0 aromatic heterocycles. The minimum absolute atomic E-state index is 0.0530. The van der Waals surface area contributed by atoms with E-state index in [0.29, 0.717) is 5.92 Å². The number of hydrazine groups is 1.